The van der Waals surface area contributed by atoms with Gasteiger partial charge in [-0.05, 0) is 25.0 Å². The molecule has 1 amide bonds. The van der Waals surface area contributed by atoms with Crippen molar-refractivity contribution in [3.05, 3.63) is 33.6 Å². The summed E-state index contributed by atoms with van der Waals surface area (Å²) in [6.45, 7) is 3.88. The third kappa shape index (κ3) is 4.20. The van der Waals surface area contributed by atoms with Crippen molar-refractivity contribution < 1.29 is 14.1 Å². The maximum Gasteiger partial charge on any atom is 0.295 e. The van der Waals surface area contributed by atoms with E-state index in [-0.39, 0.29) is 29.4 Å². The van der Waals surface area contributed by atoms with Crippen molar-refractivity contribution in [3.63, 3.8) is 0 Å². The number of carbonyl (C=O) groups is 1. The van der Waals surface area contributed by atoms with Gasteiger partial charge in [-0.3, -0.25) is 14.9 Å². The molecular formula is C12H16FN3O3. The van der Waals surface area contributed by atoms with Crippen molar-refractivity contribution in [3.8, 4) is 0 Å². The Labute approximate surface area is 110 Å². The predicted octanol–water partition coefficient (Wildman–Crippen LogP) is 1.98. The van der Waals surface area contributed by atoms with E-state index in [2.05, 4.69) is 10.6 Å². The van der Waals surface area contributed by atoms with Gasteiger partial charge in [0, 0.05) is 6.54 Å². The number of rotatable bonds is 6. The van der Waals surface area contributed by atoms with E-state index in [9.17, 15) is 19.3 Å². The van der Waals surface area contributed by atoms with Gasteiger partial charge >= 0.3 is 0 Å². The maximum atomic E-state index is 13.3. The molecule has 0 unspecified atom stereocenters. The molecule has 1 aromatic carbocycles. The van der Waals surface area contributed by atoms with Crippen molar-refractivity contribution in [2.75, 3.05) is 18.4 Å². The molecule has 0 saturated heterocycles. The van der Waals surface area contributed by atoms with Gasteiger partial charge in [0.2, 0.25) is 5.91 Å². The number of nitrogens with zero attached hydrogens (tertiary/aromatic N) is 1. The molecule has 0 bridgehead atoms. The Morgan fingerprint density at radius 1 is 1.47 bits per heavy atom. The van der Waals surface area contributed by atoms with Crippen LogP contribution >= 0.6 is 0 Å². The van der Waals surface area contributed by atoms with E-state index in [1.807, 2.05) is 6.92 Å². The first-order valence-corrected chi connectivity index (χ1v) is 5.90. The molecule has 0 atom stereocenters. The van der Waals surface area contributed by atoms with Crippen LogP contribution in [0.5, 0.6) is 0 Å². The fraction of sp³-hybridized carbons (Fsp3) is 0.417. The zero-order chi connectivity index (χ0) is 14.4. The topological polar surface area (TPSA) is 84.3 Å². The number of hydrogen-bond donors (Lipinski definition) is 2. The Kier molecular flexibility index (Phi) is 5.23. The number of aryl methyl sites for hydroxylation is 1. The summed E-state index contributed by atoms with van der Waals surface area (Å²) < 4.78 is 13.3. The molecule has 0 radical (unpaired) electrons. The number of benzene rings is 1. The Hall–Kier alpha value is -2.18. The van der Waals surface area contributed by atoms with Crippen LogP contribution in [0, 0.1) is 22.9 Å². The number of halogens is 1. The van der Waals surface area contributed by atoms with Crippen LogP contribution in [0.4, 0.5) is 15.8 Å². The summed E-state index contributed by atoms with van der Waals surface area (Å²) in [5.74, 6) is -0.911. The average molecular weight is 269 g/mol. The van der Waals surface area contributed by atoms with E-state index in [0.29, 0.717) is 6.54 Å². The molecule has 0 heterocycles. The minimum Gasteiger partial charge on any atom is -0.371 e. The summed E-state index contributed by atoms with van der Waals surface area (Å²) in [6, 6.07) is 2.17. The van der Waals surface area contributed by atoms with Crippen LogP contribution in [0.15, 0.2) is 12.1 Å². The Morgan fingerprint density at radius 2 is 2.16 bits per heavy atom. The summed E-state index contributed by atoms with van der Waals surface area (Å²) in [5, 5.41) is 16.1. The van der Waals surface area contributed by atoms with Gasteiger partial charge in [0.25, 0.3) is 5.69 Å². The maximum absolute atomic E-state index is 13.3. The fourth-order valence-corrected chi connectivity index (χ4v) is 1.47. The lowest BCUT2D eigenvalue weighted by Crippen LogP contribution is -2.30. The molecule has 0 aromatic heterocycles. The van der Waals surface area contributed by atoms with Crippen LogP contribution in [0.3, 0.4) is 0 Å². The van der Waals surface area contributed by atoms with Crippen LogP contribution in [0.25, 0.3) is 0 Å². The van der Waals surface area contributed by atoms with Crippen LogP contribution in [-0.2, 0) is 4.79 Å². The van der Waals surface area contributed by atoms with Gasteiger partial charge in [-0.25, -0.2) is 4.39 Å². The first-order chi connectivity index (χ1) is 8.95. The Morgan fingerprint density at radius 3 is 2.74 bits per heavy atom. The predicted molar refractivity (Wildman–Crippen MR) is 69.6 cm³/mol. The summed E-state index contributed by atoms with van der Waals surface area (Å²) in [4.78, 5) is 21.5. The second kappa shape index (κ2) is 6.67. The van der Waals surface area contributed by atoms with Gasteiger partial charge in [0.05, 0.1) is 17.5 Å². The van der Waals surface area contributed by atoms with E-state index in [1.165, 1.54) is 13.0 Å². The van der Waals surface area contributed by atoms with Crippen molar-refractivity contribution in [1.29, 1.82) is 0 Å². The van der Waals surface area contributed by atoms with Crippen molar-refractivity contribution >= 4 is 17.3 Å². The first kappa shape index (κ1) is 14.9. The third-order valence-electron chi connectivity index (χ3n) is 2.49. The van der Waals surface area contributed by atoms with Crippen molar-refractivity contribution in [1.82, 2.24) is 5.32 Å². The van der Waals surface area contributed by atoms with E-state index in [0.717, 1.165) is 12.5 Å². The lowest BCUT2D eigenvalue weighted by atomic mass is 10.2. The highest BCUT2D eigenvalue weighted by Crippen LogP contribution is 2.27. The fourth-order valence-electron chi connectivity index (χ4n) is 1.47. The monoisotopic (exact) mass is 269 g/mol. The normalized spacial score (nSPS) is 10.1. The Balaban J connectivity index is 2.79. The number of nitro groups is 1. The second-order valence-corrected chi connectivity index (χ2v) is 4.08. The van der Waals surface area contributed by atoms with Gasteiger partial charge < -0.3 is 10.6 Å². The number of nitro benzene ring substituents is 1. The quantitative estimate of drug-likeness (QED) is 0.611. The minimum absolute atomic E-state index is 0.0914. The molecule has 19 heavy (non-hydrogen) atoms. The number of hydrogen-bond acceptors (Lipinski definition) is 4. The summed E-state index contributed by atoms with van der Waals surface area (Å²) in [7, 11) is 0. The van der Waals surface area contributed by atoms with Gasteiger partial charge in [0.15, 0.2) is 0 Å². The molecule has 6 nitrogen and oxygen atoms in total. The summed E-state index contributed by atoms with van der Waals surface area (Å²) in [6.07, 6.45) is 0.807. The largest absolute Gasteiger partial charge is 0.371 e. The number of carbonyl (C=O) groups excluding carboxylic acids is 1. The van der Waals surface area contributed by atoms with Gasteiger partial charge in [-0.15, -0.1) is 0 Å². The highest BCUT2D eigenvalue weighted by molar-refractivity contribution is 5.81. The Bertz CT molecular complexity index is 491. The lowest BCUT2D eigenvalue weighted by molar-refractivity contribution is -0.384. The van der Waals surface area contributed by atoms with Gasteiger partial charge in [-0.2, -0.15) is 0 Å². The molecule has 1 aromatic rings. The number of nitrogens with one attached hydrogen (secondary N) is 2. The summed E-state index contributed by atoms with van der Waals surface area (Å²) in [5.41, 5.74) is 0.0315. The SMILES string of the molecule is CCCNC(=O)CNc1cc(C)c(F)cc1[N+](=O)[O-]. The molecular weight excluding hydrogens is 253 g/mol. The first-order valence-electron chi connectivity index (χ1n) is 5.90. The number of anilines is 1. The zero-order valence-corrected chi connectivity index (χ0v) is 10.8. The van der Waals surface area contributed by atoms with E-state index >= 15 is 0 Å². The second-order valence-electron chi connectivity index (χ2n) is 4.08. The standard InChI is InChI=1S/C12H16FN3O3/c1-3-4-14-12(17)7-15-10-5-8(2)9(13)6-11(10)16(18)19/h5-6,15H,3-4,7H2,1-2H3,(H,14,17). The highest BCUT2D eigenvalue weighted by Gasteiger charge is 2.17. The summed E-state index contributed by atoms with van der Waals surface area (Å²) >= 11 is 0. The third-order valence-corrected chi connectivity index (χ3v) is 2.49. The minimum atomic E-state index is -0.686. The molecule has 0 saturated carbocycles. The van der Waals surface area contributed by atoms with Gasteiger partial charge in [-0.1, -0.05) is 6.92 Å². The highest BCUT2D eigenvalue weighted by atomic mass is 19.1. The van der Waals surface area contributed by atoms with Crippen LogP contribution in [0.2, 0.25) is 0 Å². The molecule has 0 aliphatic rings. The van der Waals surface area contributed by atoms with Crippen molar-refractivity contribution in [2.24, 2.45) is 0 Å². The molecule has 0 aliphatic heterocycles. The number of amides is 1. The smallest absolute Gasteiger partial charge is 0.295 e. The van der Waals surface area contributed by atoms with E-state index in [4.69, 9.17) is 0 Å². The van der Waals surface area contributed by atoms with Crippen LogP contribution in [0.1, 0.15) is 18.9 Å². The van der Waals surface area contributed by atoms with E-state index in [1.54, 1.807) is 0 Å². The van der Waals surface area contributed by atoms with Crippen LogP contribution in [-0.4, -0.2) is 23.9 Å². The van der Waals surface area contributed by atoms with E-state index < -0.39 is 10.7 Å². The van der Waals surface area contributed by atoms with Crippen LogP contribution < -0.4 is 10.6 Å². The molecule has 1 rings (SSSR count). The average Bonchev–Trinajstić information content (AvgIpc) is 2.36. The molecule has 0 fully saturated rings. The molecule has 0 aliphatic carbocycles. The zero-order valence-electron chi connectivity index (χ0n) is 10.8. The van der Waals surface area contributed by atoms with Gasteiger partial charge in [0.1, 0.15) is 11.5 Å². The molecule has 0 spiro atoms. The van der Waals surface area contributed by atoms with Crippen molar-refractivity contribution in [2.45, 2.75) is 20.3 Å². The molecule has 104 valence electrons. The molecule has 7 heteroatoms. The lowest BCUT2D eigenvalue weighted by Gasteiger charge is -2.09. The molecule has 2 N–H and O–H groups in total.